The molecule has 4 nitrogen and oxygen atoms in total. The fourth-order valence-electron chi connectivity index (χ4n) is 2.11. The van der Waals surface area contributed by atoms with E-state index in [1.54, 1.807) is 26.8 Å². The number of benzene rings is 1. The Kier molecular flexibility index (Phi) is 4.49. The predicted molar refractivity (Wildman–Crippen MR) is 77.6 cm³/mol. The minimum absolute atomic E-state index is 0.151. The smallest absolute Gasteiger partial charge is 0.361 e. The first-order valence-corrected chi connectivity index (χ1v) is 6.99. The monoisotopic (exact) mass is 326 g/mol. The Bertz CT molecular complexity index is 705. The summed E-state index contributed by atoms with van der Waals surface area (Å²) in [7, 11) is 0. The summed E-state index contributed by atoms with van der Waals surface area (Å²) in [5.74, 6) is 0.226. The first kappa shape index (κ1) is 17.1. The van der Waals surface area contributed by atoms with E-state index < -0.39 is 23.1 Å². The molecular weight excluding hydrogens is 309 g/mol. The van der Waals surface area contributed by atoms with Crippen molar-refractivity contribution in [3.05, 3.63) is 52.9 Å². The minimum atomic E-state index is -4.44. The molecule has 0 radical (unpaired) electrons. The Morgan fingerprint density at radius 1 is 1.22 bits per heavy atom. The highest BCUT2D eigenvalue weighted by Crippen LogP contribution is 2.32. The molecule has 7 heteroatoms. The van der Waals surface area contributed by atoms with Crippen molar-refractivity contribution < 1.29 is 22.5 Å². The van der Waals surface area contributed by atoms with Crippen LogP contribution in [0.1, 0.15) is 36.4 Å². The summed E-state index contributed by atoms with van der Waals surface area (Å²) in [6.07, 6.45) is -4.44. The zero-order chi connectivity index (χ0) is 17.3. The van der Waals surface area contributed by atoms with Crippen LogP contribution in [0.15, 0.2) is 34.9 Å². The first-order chi connectivity index (χ1) is 10.6. The highest BCUT2D eigenvalue weighted by atomic mass is 19.4. The second-order valence-electron chi connectivity index (χ2n) is 5.82. The van der Waals surface area contributed by atoms with Crippen molar-refractivity contribution in [3.63, 3.8) is 0 Å². The summed E-state index contributed by atoms with van der Waals surface area (Å²) < 4.78 is 43.3. The van der Waals surface area contributed by atoms with Crippen LogP contribution in [0.3, 0.4) is 0 Å². The third kappa shape index (κ3) is 3.91. The quantitative estimate of drug-likeness (QED) is 0.934. The second kappa shape index (κ2) is 6.06. The Balaban J connectivity index is 2.15. The number of nitrogens with one attached hydrogen (secondary N) is 1. The van der Waals surface area contributed by atoms with Crippen molar-refractivity contribution >= 4 is 5.91 Å². The van der Waals surface area contributed by atoms with Crippen molar-refractivity contribution in [1.29, 1.82) is 0 Å². The average molecular weight is 326 g/mol. The van der Waals surface area contributed by atoms with Crippen LogP contribution < -0.4 is 5.32 Å². The lowest BCUT2D eigenvalue weighted by molar-refractivity contribution is -0.138. The highest BCUT2D eigenvalue weighted by molar-refractivity contribution is 5.87. The molecule has 1 aromatic carbocycles. The number of rotatable bonds is 4. The molecule has 124 valence electrons. The van der Waals surface area contributed by atoms with Gasteiger partial charge in [0.05, 0.1) is 17.5 Å². The van der Waals surface area contributed by atoms with Crippen molar-refractivity contribution in [1.82, 2.24) is 10.5 Å². The number of aryl methyl sites for hydroxylation is 1. The summed E-state index contributed by atoms with van der Waals surface area (Å²) in [4.78, 5) is 12.4. The van der Waals surface area contributed by atoms with Gasteiger partial charge in [-0.2, -0.15) is 13.2 Å². The van der Waals surface area contributed by atoms with Gasteiger partial charge in [0.25, 0.3) is 0 Å². The number of hydrogen-bond donors (Lipinski definition) is 1. The van der Waals surface area contributed by atoms with Gasteiger partial charge in [0.1, 0.15) is 11.5 Å². The van der Waals surface area contributed by atoms with Crippen LogP contribution in [0.25, 0.3) is 0 Å². The molecule has 0 unspecified atom stereocenters. The molecule has 0 spiro atoms. The van der Waals surface area contributed by atoms with Crippen LogP contribution in [0.2, 0.25) is 0 Å². The molecule has 0 aliphatic rings. The molecule has 0 aliphatic heterocycles. The molecule has 2 rings (SSSR count). The summed E-state index contributed by atoms with van der Waals surface area (Å²) in [6.45, 7) is 5.03. The van der Waals surface area contributed by atoms with Gasteiger partial charge in [-0.3, -0.25) is 4.79 Å². The van der Waals surface area contributed by atoms with E-state index >= 15 is 0 Å². The molecule has 1 aromatic heterocycles. The van der Waals surface area contributed by atoms with Crippen LogP contribution in [-0.2, 0) is 22.9 Å². The Morgan fingerprint density at radius 2 is 1.87 bits per heavy atom. The zero-order valence-electron chi connectivity index (χ0n) is 13.0. The molecule has 2 aromatic rings. The van der Waals surface area contributed by atoms with Gasteiger partial charge in [-0.05, 0) is 32.4 Å². The van der Waals surface area contributed by atoms with Gasteiger partial charge >= 0.3 is 6.18 Å². The van der Waals surface area contributed by atoms with E-state index in [0.717, 1.165) is 12.1 Å². The van der Waals surface area contributed by atoms with Crippen molar-refractivity contribution in [2.45, 2.75) is 38.9 Å². The molecule has 0 fully saturated rings. The van der Waals surface area contributed by atoms with Crippen LogP contribution in [0, 0.1) is 6.92 Å². The van der Waals surface area contributed by atoms with Gasteiger partial charge in [-0.25, -0.2) is 0 Å². The molecule has 0 atom stereocenters. The molecule has 0 saturated heterocycles. The standard InChI is InChI=1S/C16H17F3N2O2/c1-10-7-13(21-23-10)9-20-14(22)15(2,3)11-5-4-6-12(8-11)16(17,18)19/h4-8H,9H2,1-3H3,(H,20,22). The van der Waals surface area contributed by atoms with Crippen LogP contribution in [0.5, 0.6) is 0 Å². The molecule has 0 bridgehead atoms. The molecular formula is C16H17F3N2O2. The Morgan fingerprint density at radius 3 is 2.43 bits per heavy atom. The van der Waals surface area contributed by atoms with Crippen LogP contribution in [-0.4, -0.2) is 11.1 Å². The van der Waals surface area contributed by atoms with Crippen molar-refractivity contribution in [2.75, 3.05) is 0 Å². The van der Waals surface area contributed by atoms with Gasteiger partial charge < -0.3 is 9.84 Å². The Labute approximate surface area is 131 Å². The van der Waals surface area contributed by atoms with E-state index in [0.29, 0.717) is 17.0 Å². The van der Waals surface area contributed by atoms with Crippen molar-refractivity contribution in [2.24, 2.45) is 0 Å². The molecule has 1 amide bonds. The lowest BCUT2D eigenvalue weighted by Crippen LogP contribution is -2.39. The molecule has 23 heavy (non-hydrogen) atoms. The average Bonchev–Trinajstić information content (AvgIpc) is 2.89. The number of carbonyl (C=O) groups is 1. The lowest BCUT2D eigenvalue weighted by Gasteiger charge is -2.24. The fraction of sp³-hybridized carbons (Fsp3) is 0.375. The lowest BCUT2D eigenvalue weighted by atomic mass is 9.83. The summed E-state index contributed by atoms with van der Waals surface area (Å²) in [6, 6.07) is 6.47. The zero-order valence-corrected chi connectivity index (χ0v) is 13.0. The maximum Gasteiger partial charge on any atom is 0.416 e. The van der Waals surface area contributed by atoms with Crippen LogP contribution >= 0.6 is 0 Å². The third-order valence-electron chi connectivity index (χ3n) is 3.59. The molecule has 0 saturated carbocycles. The van der Waals surface area contributed by atoms with Crippen molar-refractivity contribution in [3.8, 4) is 0 Å². The summed E-state index contributed by atoms with van der Waals surface area (Å²) in [5, 5.41) is 6.42. The van der Waals surface area contributed by atoms with Gasteiger partial charge in [0.15, 0.2) is 0 Å². The summed E-state index contributed by atoms with van der Waals surface area (Å²) in [5.41, 5.74) is -1.04. The second-order valence-corrected chi connectivity index (χ2v) is 5.82. The Hall–Kier alpha value is -2.31. The number of nitrogens with zero attached hydrogens (tertiary/aromatic N) is 1. The number of aromatic nitrogens is 1. The van der Waals surface area contributed by atoms with E-state index in [2.05, 4.69) is 10.5 Å². The fourth-order valence-corrected chi connectivity index (χ4v) is 2.11. The minimum Gasteiger partial charge on any atom is -0.361 e. The normalized spacial score (nSPS) is 12.3. The number of amides is 1. The van der Waals surface area contributed by atoms with E-state index in [1.165, 1.54) is 12.1 Å². The van der Waals surface area contributed by atoms with Gasteiger partial charge in [-0.1, -0.05) is 23.4 Å². The van der Waals surface area contributed by atoms with Crippen LogP contribution in [0.4, 0.5) is 13.2 Å². The number of alkyl halides is 3. The third-order valence-corrected chi connectivity index (χ3v) is 3.59. The van der Waals surface area contributed by atoms with E-state index in [9.17, 15) is 18.0 Å². The van der Waals surface area contributed by atoms with Gasteiger partial charge in [0, 0.05) is 6.07 Å². The van der Waals surface area contributed by atoms with E-state index in [1.807, 2.05) is 0 Å². The maximum absolute atomic E-state index is 12.8. The molecule has 0 aliphatic carbocycles. The van der Waals surface area contributed by atoms with E-state index in [4.69, 9.17) is 4.52 Å². The van der Waals surface area contributed by atoms with Gasteiger partial charge in [-0.15, -0.1) is 0 Å². The number of hydrogen-bond acceptors (Lipinski definition) is 3. The number of carbonyl (C=O) groups excluding carboxylic acids is 1. The maximum atomic E-state index is 12.8. The van der Waals surface area contributed by atoms with Gasteiger partial charge in [0.2, 0.25) is 5.91 Å². The highest BCUT2D eigenvalue weighted by Gasteiger charge is 2.34. The molecule has 1 heterocycles. The topological polar surface area (TPSA) is 55.1 Å². The predicted octanol–water partition coefficient (Wildman–Crippen LogP) is 3.60. The molecule has 1 N–H and O–H groups in total. The largest absolute Gasteiger partial charge is 0.416 e. The first-order valence-electron chi connectivity index (χ1n) is 6.99. The van der Waals surface area contributed by atoms with E-state index in [-0.39, 0.29) is 6.54 Å². The summed E-state index contributed by atoms with van der Waals surface area (Å²) >= 11 is 0. The number of halogens is 3. The SMILES string of the molecule is Cc1cc(CNC(=O)C(C)(C)c2cccc(C(F)(F)F)c2)no1.